The predicted molar refractivity (Wildman–Crippen MR) is 69.9 cm³/mol. The number of ether oxygens (including phenoxy) is 1. The van der Waals surface area contributed by atoms with Crippen molar-refractivity contribution in [2.24, 2.45) is 5.73 Å². The van der Waals surface area contributed by atoms with Crippen LogP contribution in [-0.2, 0) is 13.0 Å². The van der Waals surface area contributed by atoms with Gasteiger partial charge in [0.2, 0.25) is 0 Å². The quantitative estimate of drug-likeness (QED) is 0.818. The Morgan fingerprint density at radius 2 is 2.28 bits per heavy atom. The number of nitrogens with zero attached hydrogens (tertiary/aromatic N) is 1. The van der Waals surface area contributed by atoms with E-state index >= 15 is 0 Å². The smallest absolute Gasteiger partial charge is 0.269 e. The largest absolute Gasteiger partial charge is 0.497 e. The summed E-state index contributed by atoms with van der Waals surface area (Å²) in [5, 5.41) is 2.95. The minimum absolute atomic E-state index is 0.0109. The lowest BCUT2D eigenvalue weighted by atomic mass is 10.2. The van der Waals surface area contributed by atoms with Crippen LogP contribution < -0.4 is 16.0 Å². The summed E-state index contributed by atoms with van der Waals surface area (Å²) in [5.74, 6) is 0.786. The van der Waals surface area contributed by atoms with E-state index in [1.165, 1.54) is 0 Å². The number of rotatable bonds is 5. The molecule has 96 valence electrons. The van der Waals surface area contributed by atoms with Crippen LogP contribution in [0.15, 0.2) is 35.3 Å². The van der Waals surface area contributed by atoms with Gasteiger partial charge < -0.3 is 15.6 Å². The molecule has 0 bridgehead atoms. The van der Waals surface area contributed by atoms with Crippen molar-refractivity contribution in [2.45, 2.75) is 13.0 Å². The fourth-order valence-electron chi connectivity index (χ4n) is 1.85. The second-order valence-corrected chi connectivity index (χ2v) is 4.08. The Kier molecular flexibility index (Phi) is 3.84. The molecule has 2 aromatic rings. The first-order valence-corrected chi connectivity index (χ1v) is 5.84. The molecule has 3 N–H and O–H groups in total. The number of hydrogen-bond acceptors (Lipinski definition) is 3. The average molecular weight is 247 g/mol. The normalized spacial score (nSPS) is 10.6. The van der Waals surface area contributed by atoms with Crippen LogP contribution in [0.5, 0.6) is 5.75 Å². The fourth-order valence-corrected chi connectivity index (χ4v) is 1.85. The van der Waals surface area contributed by atoms with Gasteiger partial charge in [0.15, 0.2) is 0 Å². The maximum Gasteiger partial charge on any atom is 0.269 e. The summed E-state index contributed by atoms with van der Waals surface area (Å²) in [4.78, 5) is 12.0. The highest BCUT2D eigenvalue weighted by Gasteiger charge is 2.06. The SMILES string of the molecule is COc1cccc(Cn2[nH]cc(CCN)c2=O)c1. The Hall–Kier alpha value is -2.01. The van der Waals surface area contributed by atoms with Gasteiger partial charge in [-0.1, -0.05) is 12.1 Å². The number of H-pyrrole nitrogens is 1. The summed E-state index contributed by atoms with van der Waals surface area (Å²) in [6, 6.07) is 7.65. The Bertz CT molecular complexity index is 572. The van der Waals surface area contributed by atoms with Crippen molar-refractivity contribution < 1.29 is 4.74 Å². The highest BCUT2D eigenvalue weighted by atomic mass is 16.5. The first kappa shape index (κ1) is 12.4. The van der Waals surface area contributed by atoms with Crippen LogP contribution in [0.2, 0.25) is 0 Å². The Labute approximate surface area is 105 Å². The predicted octanol–water partition coefficient (Wildman–Crippen LogP) is 0.734. The van der Waals surface area contributed by atoms with E-state index in [2.05, 4.69) is 5.10 Å². The van der Waals surface area contributed by atoms with Gasteiger partial charge in [-0.2, -0.15) is 0 Å². The van der Waals surface area contributed by atoms with Crippen LogP contribution in [0.1, 0.15) is 11.1 Å². The first-order chi connectivity index (χ1) is 8.74. The Balaban J connectivity index is 2.20. The molecule has 5 heteroatoms. The van der Waals surface area contributed by atoms with Gasteiger partial charge in [0.05, 0.1) is 13.7 Å². The van der Waals surface area contributed by atoms with Crippen molar-refractivity contribution in [2.75, 3.05) is 13.7 Å². The van der Waals surface area contributed by atoms with Crippen LogP contribution in [-0.4, -0.2) is 23.4 Å². The van der Waals surface area contributed by atoms with E-state index in [0.29, 0.717) is 19.5 Å². The van der Waals surface area contributed by atoms with Gasteiger partial charge in [-0.3, -0.25) is 4.79 Å². The molecule has 0 unspecified atom stereocenters. The molecule has 0 amide bonds. The molecule has 1 aromatic carbocycles. The number of aromatic amines is 1. The van der Waals surface area contributed by atoms with Gasteiger partial charge in [0, 0.05) is 11.8 Å². The summed E-state index contributed by atoms with van der Waals surface area (Å²) in [5.41, 5.74) is 7.17. The number of aromatic nitrogens is 2. The lowest BCUT2D eigenvalue weighted by Gasteiger charge is -2.04. The van der Waals surface area contributed by atoms with Crippen molar-refractivity contribution in [1.82, 2.24) is 9.78 Å². The summed E-state index contributed by atoms with van der Waals surface area (Å²) >= 11 is 0. The van der Waals surface area contributed by atoms with E-state index in [9.17, 15) is 4.79 Å². The van der Waals surface area contributed by atoms with E-state index in [4.69, 9.17) is 10.5 Å². The van der Waals surface area contributed by atoms with Crippen LogP contribution in [0.3, 0.4) is 0 Å². The number of methoxy groups -OCH3 is 1. The number of hydrogen-bond donors (Lipinski definition) is 2. The molecule has 0 spiro atoms. The summed E-state index contributed by atoms with van der Waals surface area (Å²) in [6.07, 6.45) is 2.32. The van der Waals surface area contributed by atoms with Crippen molar-refractivity contribution >= 4 is 0 Å². The fraction of sp³-hybridized carbons (Fsp3) is 0.308. The van der Waals surface area contributed by atoms with Gasteiger partial charge >= 0.3 is 0 Å². The third kappa shape index (κ3) is 2.62. The van der Waals surface area contributed by atoms with Gasteiger partial charge in [-0.05, 0) is 30.7 Å². The third-order valence-corrected chi connectivity index (χ3v) is 2.80. The zero-order valence-corrected chi connectivity index (χ0v) is 10.3. The average Bonchev–Trinajstić information content (AvgIpc) is 2.72. The molecular weight excluding hydrogens is 230 g/mol. The molecule has 5 nitrogen and oxygen atoms in total. The molecule has 0 saturated heterocycles. The van der Waals surface area contributed by atoms with Crippen LogP contribution in [0.25, 0.3) is 0 Å². The van der Waals surface area contributed by atoms with E-state index in [-0.39, 0.29) is 5.56 Å². The molecule has 2 rings (SSSR count). The summed E-state index contributed by atoms with van der Waals surface area (Å²) < 4.78 is 6.72. The highest BCUT2D eigenvalue weighted by molar-refractivity contribution is 5.28. The zero-order chi connectivity index (χ0) is 13.0. The van der Waals surface area contributed by atoms with E-state index in [0.717, 1.165) is 16.9 Å². The summed E-state index contributed by atoms with van der Waals surface area (Å²) in [7, 11) is 1.62. The molecule has 0 aliphatic rings. The maximum absolute atomic E-state index is 12.0. The minimum atomic E-state index is -0.0109. The summed E-state index contributed by atoms with van der Waals surface area (Å²) in [6.45, 7) is 0.979. The van der Waals surface area contributed by atoms with Gasteiger partial charge in [0.25, 0.3) is 5.56 Å². The monoisotopic (exact) mass is 247 g/mol. The molecule has 18 heavy (non-hydrogen) atoms. The second-order valence-electron chi connectivity index (χ2n) is 4.08. The highest BCUT2D eigenvalue weighted by Crippen LogP contribution is 2.12. The second kappa shape index (κ2) is 5.55. The van der Waals surface area contributed by atoms with Crippen LogP contribution in [0.4, 0.5) is 0 Å². The van der Waals surface area contributed by atoms with Crippen molar-refractivity contribution in [3.63, 3.8) is 0 Å². The molecule has 0 radical (unpaired) electrons. The van der Waals surface area contributed by atoms with E-state index in [1.807, 2.05) is 24.3 Å². The molecule has 0 aliphatic carbocycles. The van der Waals surface area contributed by atoms with Crippen molar-refractivity contribution in [3.8, 4) is 5.75 Å². The van der Waals surface area contributed by atoms with Crippen LogP contribution >= 0.6 is 0 Å². The lowest BCUT2D eigenvalue weighted by molar-refractivity contribution is 0.414. The maximum atomic E-state index is 12.0. The molecule has 1 aromatic heterocycles. The number of nitrogens with two attached hydrogens (primary N) is 1. The third-order valence-electron chi connectivity index (χ3n) is 2.80. The molecule has 0 aliphatic heterocycles. The number of benzene rings is 1. The van der Waals surface area contributed by atoms with E-state index in [1.54, 1.807) is 18.0 Å². The standard InChI is InChI=1S/C13H17N3O2/c1-18-12-4-2-3-10(7-12)9-16-13(17)11(5-6-14)8-15-16/h2-4,7-8,15H,5-6,9,14H2,1H3. The van der Waals surface area contributed by atoms with Gasteiger partial charge in [-0.15, -0.1) is 0 Å². The van der Waals surface area contributed by atoms with Gasteiger partial charge in [-0.25, -0.2) is 4.68 Å². The van der Waals surface area contributed by atoms with Gasteiger partial charge in [0.1, 0.15) is 5.75 Å². The molecule has 1 heterocycles. The van der Waals surface area contributed by atoms with Crippen LogP contribution in [0, 0.1) is 0 Å². The lowest BCUT2D eigenvalue weighted by Crippen LogP contribution is -2.21. The topological polar surface area (TPSA) is 73.0 Å². The first-order valence-electron chi connectivity index (χ1n) is 5.84. The van der Waals surface area contributed by atoms with Crippen molar-refractivity contribution in [3.05, 3.63) is 51.9 Å². The minimum Gasteiger partial charge on any atom is -0.497 e. The Morgan fingerprint density at radius 3 is 3.00 bits per heavy atom. The zero-order valence-electron chi connectivity index (χ0n) is 10.3. The Morgan fingerprint density at radius 1 is 1.44 bits per heavy atom. The van der Waals surface area contributed by atoms with E-state index < -0.39 is 0 Å². The molecule has 0 fully saturated rings. The molecular formula is C13H17N3O2. The molecule has 0 saturated carbocycles. The number of nitrogens with one attached hydrogen (secondary N) is 1. The molecule has 0 atom stereocenters. The van der Waals surface area contributed by atoms with Crippen molar-refractivity contribution in [1.29, 1.82) is 0 Å².